The number of nitrogens with one attached hydrogen (secondary N) is 1. The Hall–Kier alpha value is -3.50. The predicted octanol–water partition coefficient (Wildman–Crippen LogP) is 4.21. The molecule has 0 aliphatic rings. The minimum atomic E-state index is -4.17. The molecule has 0 spiro atoms. The molecule has 0 saturated heterocycles. The third-order valence-corrected chi connectivity index (χ3v) is 8.78. The van der Waals surface area contributed by atoms with Gasteiger partial charge in [-0.2, -0.15) is 0 Å². The summed E-state index contributed by atoms with van der Waals surface area (Å²) in [5.41, 5.74) is 1.25. The first-order valence-corrected chi connectivity index (χ1v) is 15.3. The van der Waals surface area contributed by atoms with Gasteiger partial charge in [-0.3, -0.25) is 13.9 Å². The van der Waals surface area contributed by atoms with E-state index < -0.39 is 28.5 Å². The van der Waals surface area contributed by atoms with Crippen LogP contribution in [0.25, 0.3) is 0 Å². The van der Waals surface area contributed by atoms with Crippen molar-refractivity contribution in [3.8, 4) is 5.75 Å². The molecule has 208 valence electrons. The number of para-hydroxylation sites is 2. The van der Waals surface area contributed by atoms with Gasteiger partial charge in [-0.1, -0.05) is 42.5 Å². The van der Waals surface area contributed by atoms with Crippen molar-refractivity contribution in [2.24, 2.45) is 0 Å². The molecule has 10 heteroatoms. The Balaban J connectivity index is 2.03. The lowest BCUT2D eigenvalue weighted by Gasteiger charge is -2.32. The number of rotatable bonds is 13. The van der Waals surface area contributed by atoms with Gasteiger partial charge >= 0.3 is 0 Å². The number of amides is 2. The SMILES string of the molecule is CCOc1ccccc1N(CC(=O)N(CCc1ccccc1)[C@H](C)C(=O)NC)S(=O)(=O)c1ccc(SC)cc1. The Kier molecular flexibility index (Phi) is 10.8. The lowest BCUT2D eigenvalue weighted by molar-refractivity contribution is -0.138. The van der Waals surface area contributed by atoms with Crippen molar-refractivity contribution >= 4 is 39.3 Å². The van der Waals surface area contributed by atoms with Crippen LogP contribution in [0, 0.1) is 0 Å². The third-order valence-electron chi connectivity index (χ3n) is 6.26. The zero-order valence-electron chi connectivity index (χ0n) is 22.7. The molecule has 0 aromatic heterocycles. The largest absolute Gasteiger partial charge is 0.492 e. The summed E-state index contributed by atoms with van der Waals surface area (Å²) in [6.07, 6.45) is 2.41. The number of benzene rings is 3. The van der Waals surface area contributed by atoms with Crippen LogP contribution < -0.4 is 14.4 Å². The molecule has 0 heterocycles. The smallest absolute Gasteiger partial charge is 0.264 e. The lowest BCUT2D eigenvalue weighted by atomic mass is 10.1. The summed E-state index contributed by atoms with van der Waals surface area (Å²) in [5, 5.41) is 2.59. The number of likely N-dealkylation sites (N-methyl/N-ethyl adjacent to an activating group) is 1. The Morgan fingerprint density at radius 1 is 0.974 bits per heavy atom. The number of hydrogen-bond acceptors (Lipinski definition) is 6. The molecule has 0 aliphatic carbocycles. The summed E-state index contributed by atoms with van der Waals surface area (Å²) in [7, 11) is -2.67. The number of ether oxygens (including phenoxy) is 1. The van der Waals surface area contributed by atoms with Gasteiger partial charge in [0.2, 0.25) is 11.8 Å². The molecular weight excluding hydrogens is 534 g/mol. The fourth-order valence-electron chi connectivity index (χ4n) is 4.11. The van der Waals surface area contributed by atoms with Gasteiger partial charge in [-0.15, -0.1) is 11.8 Å². The van der Waals surface area contributed by atoms with Crippen LogP contribution in [0.1, 0.15) is 19.4 Å². The third kappa shape index (κ3) is 7.54. The fraction of sp³-hybridized carbons (Fsp3) is 0.310. The monoisotopic (exact) mass is 569 g/mol. The van der Waals surface area contributed by atoms with Crippen molar-refractivity contribution in [1.82, 2.24) is 10.2 Å². The van der Waals surface area contributed by atoms with Crippen molar-refractivity contribution < 1.29 is 22.7 Å². The second kappa shape index (κ2) is 14.0. The maximum absolute atomic E-state index is 14.0. The van der Waals surface area contributed by atoms with Crippen LogP contribution >= 0.6 is 11.8 Å². The summed E-state index contributed by atoms with van der Waals surface area (Å²) in [4.78, 5) is 28.8. The van der Waals surface area contributed by atoms with Gasteiger partial charge in [-0.25, -0.2) is 8.42 Å². The summed E-state index contributed by atoms with van der Waals surface area (Å²) in [6.45, 7) is 3.49. The Bertz CT molecular complexity index is 1350. The van der Waals surface area contributed by atoms with Gasteiger partial charge in [0, 0.05) is 18.5 Å². The van der Waals surface area contributed by atoms with Crippen molar-refractivity contribution in [3.63, 3.8) is 0 Å². The first-order chi connectivity index (χ1) is 18.7. The molecule has 0 aliphatic heterocycles. The summed E-state index contributed by atoms with van der Waals surface area (Å²) >= 11 is 1.50. The normalized spacial score (nSPS) is 11.9. The minimum absolute atomic E-state index is 0.0505. The molecule has 0 saturated carbocycles. The molecular formula is C29H35N3O5S2. The molecule has 1 atom stereocenters. The van der Waals surface area contributed by atoms with E-state index in [-0.39, 0.29) is 23.0 Å². The van der Waals surface area contributed by atoms with Crippen LogP contribution in [0.5, 0.6) is 5.75 Å². The number of thioether (sulfide) groups is 1. The zero-order chi connectivity index (χ0) is 28.4. The van der Waals surface area contributed by atoms with E-state index in [1.165, 1.54) is 35.8 Å². The van der Waals surface area contributed by atoms with Crippen LogP contribution in [0.15, 0.2) is 88.7 Å². The maximum Gasteiger partial charge on any atom is 0.264 e. The molecule has 0 unspecified atom stereocenters. The highest BCUT2D eigenvalue weighted by molar-refractivity contribution is 7.98. The van der Waals surface area contributed by atoms with Crippen LogP contribution in [0.3, 0.4) is 0 Å². The number of nitrogens with zero attached hydrogens (tertiary/aromatic N) is 2. The molecule has 39 heavy (non-hydrogen) atoms. The Morgan fingerprint density at radius 2 is 1.62 bits per heavy atom. The van der Waals surface area contributed by atoms with Gasteiger partial charge in [0.15, 0.2) is 0 Å². The van der Waals surface area contributed by atoms with Gasteiger partial charge in [0.25, 0.3) is 10.0 Å². The van der Waals surface area contributed by atoms with Crippen LogP contribution in [0.4, 0.5) is 5.69 Å². The molecule has 2 amide bonds. The molecule has 1 N–H and O–H groups in total. The molecule has 3 aromatic rings. The van der Waals surface area contributed by atoms with Gasteiger partial charge in [-0.05, 0) is 68.5 Å². The zero-order valence-corrected chi connectivity index (χ0v) is 24.3. The quantitative estimate of drug-likeness (QED) is 0.310. The number of carbonyl (C=O) groups is 2. The molecule has 0 fully saturated rings. The standard InChI is InChI=1S/C29H35N3O5S2/c1-5-37-27-14-10-9-13-26(27)32(39(35,36)25-17-15-24(38-4)16-18-25)21-28(33)31(22(2)29(34)30-3)20-19-23-11-7-6-8-12-23/h6-18,22H,5,19-21H2,1-4H3,(H,30,34)/t22-/m1/s1. The average molecular weight is 570 g/mol. The van der Waals surface area contributed by atoms with E-state index in [0.717, 1.165) is 14.8 Å². The highest BCUT2D eigenvalue weighted by Gasteiger charge is 2.33. The molecule has 3 aromatic carbocycles. The van der Waals surface area contributed by atoms with E-state index in [9.17, 15) is 18.0 Å². The highest BCUT2D eigenvalue weighted by Crippen LogP contribution is 2.33. The van der Waals surface area contributed by atoms with Crippen molar-refractivity contribution in [1.29, 1.82) is 0 Å². The number of carbonyl (C=O) groups excluding carboxylic acids is 2. The van der Waals surface area contributed by atoms with Crippen molar-refractivity contribution in [3.05, 3.63) is 84.4 Å². The van der Waals surface area contributed by atoms with Crippen molar-refractivity contribution in [2.75, 3.05) is 37.3 Å². The molecule has 8 nitrogen and oxygen atoms in total. The topological polar surface area (TPSA) is 96.0 Å². The Labute approximate surface area is 235 Å². The van der Waals surface area contributed by atoms with E-state index in [4.69, 9.17) is 4.74 Å². The molecule has 0 bridgehead atoms. The Morgan fingerprint density at radius 3 is 2.23 bits per heavy atom. The summed E-state index contributed by atoms with van der Waals surface area (Å²) < 4.78 is 34.8. The predicted molar refractivity (Wildman–Crippen MR) is 156 cm³/mol. The number of anilines is 1. The molecule has 0 radical (unpaired) electrons. The van der Waals surface area contributed by atoms with Crippen LogP contribution in [0.2, 0.25) is 0 Å². The van der Waals surface area contributed by atoms with Crippen molar-refractivity contribution in [2.45, 2.75) is 36.1 Å². The van der Waals surface area contributed by atoms with Gasteiger partial charge in [0.05, 0.1) is 17.2 Å². The molecule has 3 rings (SSSR count). The van der Waals surface area contributed by atoms with Crippen LogP contribution in [-0.4, -0.2) is 64.2 Å². The highest BCUT2D eigenvalue weighted by atomic mass is 32.2. The van der Waals surface area contributed by atoms with E-state index in [1.807, 2.05) is 36.6 Å². The first kappa shape index (κ1) is 30.0. The average Bonchev–Trinajstić information content (AvgIpc) is 2.96. The van der Waals surface area contributed by atoms with E-state index >= 15 is 0 Å². The number of hydrogen-bond donors (Lipinski definition) is 1. The second-order valence-electron chi connectivity index (χ2n) is 8.70. The van der Waals surface area contributed by atoms with Gasteiger partial charge < -0.3 is 15.0 Å². The van der Waals surface area contributed by atoms with Crippen LogP contribution in [-0.2, 0) is 26.0 Å². The summed E-state index contributed by atoms with van der Waals surface area (Å²) in [5.74, 6) is -0.502. The first-order valence-electron chi connectivity index (χ1n) is 12.7. The second-order valence-corrected chi connectivity index (χ2v) is 11.4. The van der Waals surface area contributed by atoms with E-state index in [0.29, 0.717) is 18.8 Å². The van der Waals surface area contributed by atoms with E-state index in [1.54, 1.807) is 50.2 Å². The maximum atomic E-state index is 14.0. The lowest BCUT2D eigenvalue weighted by Crippen LogP contribution is -2.51. The number of sulfonamides is 1. The van der Waals surface area contributed by atoms with E-state index in [2.05, 4.69) is 5.32 Å². The fourth-order valence-corrected chi connectivity index (χ4v) is 5.94. The van der Waals surface area contributed by atoms with Gasteiger partial charge in [0.1, 0.15) is 18.3 Å². The summed E-state index contributed by atoms with van der Waals surface area (Å²) in [6, 6.07) is 22.0. The minimum Gasteiger partial charge on any atom is -0.492 e.